The van der Waals surface area contributed by atoms with Crippen molar-refractivity contribution in [3.05, 3.63) is 36.0 Å². The molecule has 0 atom stereocenters. The smallest absolute Gasteiger partial charge is 0.188 e. The number of rotatable bonds is 3. The molecule has 0 aliphatic heterocycles. The largest absolute Gasteiger partial charge is 0.382 e. The summed E-state index contributed by atoms with van der Waals surface area (Å²) in [5, 5.41) is 0.749. The van der Waals surface area contributed by atoms with Crippen molar-refractivity contribution in [3.63, 3.8) is 0 Å². The lowest BCUT2D eigenvalue weighted by atomic mass is 10.5. The number of nitrogen functional groups attached to an aromatic ring is 1. The lowest BCUT2D eigenvalue weighted by Gasteiger charge is -2.00. The number of hydrogen-bond acceptors (Lipinski definition) is 6. The van der Waals surface area contributed by atoms with Crippen LogP contribution in [0.15, 0.2) is 29.8 Å². The molecule has 5 nitrogen and oxygen atoms in total. The second-order valence-electron chi connectivity index (χ2n) is 3.20. The highest BCUT2D eigenvalue weighted by molar-refractivity contribution is 7.98. The van der Waals surface area contributed by atoms with Crippen molar-refractivity contribution in [1.82, 2.24) is 19.9 Å². The fourth-order valence-corrected chi connectivity index (χ4v) is 1.84. The van der Waals surface area contributed by atoms with Gasteiger partial charge in [-0.15, -0.1) is 0 Å². The highest BCUT2D eigenvalue weighted by atomic mass is 32.2. The fourth-order valence-electron chi connectivity index (χ4n) is 1.07. The lowest BCUT2D eigenvalue weighted by molar-refractivity contribution is 0.930. The Labute approximate surface area is 97.6 Å². The van der Waals surface area contributed by atoms with E-state index in [1.54, 1.807) is 18.6 Å². The van der Waals surface area contributed by atoms with Crippen molar-refractivity contribution in [2.45, 2.75) is 17.8 Å². The first-order chi connectivity index (χ1) is 7.74. The van der Waals surface area contributed by atoms with Gasteiger partial charge in [0, 0.05) is 17.6 Å². The van der Waals surface area contributed by atoms with E-state index in [0.717, 1.165) is 16.5 Å². The predicted molar refractivity (Wildman–Crippen MR) is 62.8 cm³/mol. The Kier molecular flexibility index (Phi) is 3.31. The average Bonchev–Trinajstić information content (AvgIpc) is 2.28. The van der Waals surface area contributed by atoms with E-state index in [0.29, 0.717) is 11.6 Å². The van der Waals surface area contributed by atoms with Crippen LogP contribution in [0.25, 0.3) is 0 Å². The molecule has 2 aromatic rings. The molecule has 0 aromatic carbocycles. The van der Waals surface area contributed by atoms with E-state index in [4.69, 9.17) is 5.73 Å². The maximum absolute atomic E-state index is 5.45. The monoisotopic (exact) mass is 233 g/mol. The van der Waals surface area contributed by atoms with Crippen molar-refractivity contribution in [3.8, 4) is 0 Å². The Hall–Kier alpha value is -1.69. The molecule has 0 amide bonds. The van der Waals surface area contributed by atoms with E-state index in [2.05, 4.69) is 19.9 Å². The molecule has 82 valence electrons. The first-order valence-corrected chi connectivity index (χ1v) is 5.71. The number of aryl methyl sites for hydroxylation is 1. The highest BCUT2D eigenvalue weighted by Crippen LogP contribution is 2.17. The van der Waals surface area contributed by atoms with Gasteiger partial charge in [-0.3, -0.25) is 4.98 Å². The van der Waals surface area contributed by atoms with E-state index < -0.39 is 0 Å². The van der Waals surface area contributed by atoms with Gasteiger partial charge in [0.05, 0.1) is 18.1 Å². The van der Waals surface area contributed by atoms with Crippen LogP contribution in [0.5, 0.6) is 0 Å². The van der Waals surface area contributed by atoms with Crippen LogP contribution < -0.4 is 5.73 Å². The first kappa shape index (κ1) is 10.8. The molecule has 0 saturated heterocycles. The van der Waals surface area contributed by atoms with Gasteiger partial charge in [0.1, 0.15) is 5.82 Å². The zero-order chi connectivity index (χ0) is 11.4. The fraction of sp³-hybridized carbons (Fsp3) is 0.200. The summed E-state index contributed by atoms with van der Waals surface area (Å²) in [5.41, 5.74) is 7.27. The third-order valence-corrected chi connectivity index (χ3v) is 2.74. The zero-order valence-corrected chi connectivity index (χ0v) is 9.61. The lowest BCUT2D eigenvalue weighted by Crippen LogP contribution is -1.95. The van der Waals surface area contributed by atoms with Crippen LogP contribution in [0, 0.1) is 6.92 Å². The van der Waals surface area contributed by atoms with Crippen molar-refractivity contribution in [2.24, 2.45) is 0 Å². The molecular formula is C10H11N5S. The van der Waals surface area contributed by atoms with Crippen LogP contribution in [0.4, 0.5) is 5.82 Å². The molecule has 2 heterocycles. The summed E-state index contributed by atoms with van der Waals surface area (Å²) in [4.78, 5) is 16.6. The van der Waals surface area contributed by atoms with E-state index in [9.17, 15) is 0 Å². The Morgan fingerprint density at radius 3 is 2.81 bits per heavy atom. The van der Waals surface area contributed by atoms with Gasteiger partial charge in [0.25, 0.3) is 0 Å². The third-order valence-electron chi connectivity index (χ3n) is 1.85. The summed E-state index contributed by atoms with van der Waals surface area (Å²) in [7, 11) is 0. The van der Waals surface area contributed by atoms with E-state index in [-0.39, 0.29) is 0 Å². The van der Waals surface area contributed by atoms with Crippen LogP contribution in [0.3, 0.4) is 0 Å². The standard InChI is InChI=1S/C10H11N5S/c1-7-2-3-12-10(15-7)16-6-8-4-14-9(11)5-13-8/h2-5H,6H2,1H3,(H2,11,14). The summed E-state index contributed by atoms with van der Waals surface area (Å²) in [5.74, 6) is 1.12. The molecule has 0 unspecified atom stereocenters. The molecule has 0 fully saturated rings. The minimum atomic E-state index is 0.431. The van der Waals surface area contributed by atoms with E-state index in [1.165, 1.54) is 11.8 Å². The molecule has 2 N–H and O–H groups in total. The number of nitrogens with two attached hydrogens (primary N) is 1. The predicted octanol–water partition coefficient (Wildman–Crippen LogP) is 1.45. The molecule has 0 aliphatic carbocycles. The molecule has 6 heteroatoms. The van der Waals surface area contributed by atoms with Crippen LogP contribution in [-0.4, -0.2) is 19.9 Å². The van der Waals surface area contributed by atoms with Crippen LogP contribution in [0.2, 0.25) is 0 Å². The van der Waals surface area contributed by atoms with Gasteiger partial charge in [-0.2, -0.15) is 0 Å². The Morgan fingerprint density at radius 2 is 2.12 bits per heavy atom. The Balaban J connectivity index is 1.99. The summed E-state index contributed by atoms with van der Waals surface area (Å²) in [6.07, 6.45) is 4.96. The maximum atomic E-state index is 5.45. The van der Waals surface area contributed by atoms with Gasteiger partial charge in [0.2, 0.25) is 0 Å². The van der Waals surface area contributed by atoms with E-state index in [1.807, 2.05) is 13.0 Å². The summed E-state index contributed by atoms with van der Waals surface area (Å²) in [6, 6.07) is 1.87. The molecular weight excluding hydrogens is 222 g/mol. The number of aromatic nitrogens is 4. The van der Waals surface area contributed by atoms with Gasteiger partial charge in [-0.1, -0.05) is 11.8 Å². The van der Waals surface area contributed by atoms with Crippen molar-refractivity contribution < 1.29 is 0 Å². The molecule has 0 radical (unpaired) electrons. The number of anilines is 1. The second-order valence-corrected chi connectivity index (χ2v) is 4.14. The SMILES string of the molecule is Cc1ccnc(SCc2cnc(N)cn2)n1. The van der Waals surface area contributed by atoms with Crippen LogP contribution >= 0.6 is 11.8 Å². The number of thioether (sulfide) groups is 1. The van der Waals surface area contributed by atoms with Crippen LogP contribution in [0.1, 0.15) is 11.4 Å². The number of hydrogen-bond donors (Lipinski definition) is 1. The summed E-state index contributed by atoms with van der Waals surface area (Å²) < 4.78 is 0. The van der Waals surface area contributed by atoms with Gasteiger partial charge < -0.3 is 5.73 Å². The zero-order valence-electron chi connectivity index (χ0n) is 8.79. The quantitative estimate of drug-likeness (QED) is 0.638. The van der Waals surface area contributed by atoms with Crippen molar-refractivity contribution in [1.29, 1.82) is 0 Å². The maximum Gasteiger partial charge on any atom is 0.188 e. The third kappa shape index (κ3) is 2.90. The Morgan fingerprint density at radius 1 is 1.25 bits per heavy atom. The molecule has 0 saturated carbocycles. The molecule has 2 rings (SSSR count). The molecule has 0 aliphatic rings. The summed E-state index contributed by atoms with van der Waals surface area (Å²) >= 11 is 1.53. The molecule has 2 aromatic heterocycles. The first-order valence-electron chi connectivity index (χ1n) is 4.73. The molecule has 0 bridgehead atoms. The molecule has 16 heavy (non-hydrogen) atoms. The molecule has 0 spiro atoms. The average molecular weight is 233 g/mol. The number of nitrogens with zero attached hydrogens (tertiary/aromatic N) is 4. The highest BCUT2D eigenvalue weighted by Gasteiger charge is 2.00. The second kappa shape index (κ2) is 4.89. The normalized spacial score (nSPS) is 10.3. The van der Waals surface area contributed by atoms with Crippen LogP contribution in [-0.2, 0) is 5.75 Å². The minimum absolute atomic E-state index is 0.431. The van der Waals surface area contributed by atoms with Gasteiger partial charge in [-0.05, 0) is 13.0 Å². The van der Waals surface area contributed by atoms with Crippen molar-refractivity contribution >= 4 is 17.6 Å². The van der Waals surface area contributed by atoms with Crippen molar-refractivity contribution in [2.75, 3.05) is 5.73 Å². The summed E-state index contributed by atoms with van der Waals surface area (Å²) in [6.45, 7) is 1.94. The minimum Gasteiger partial charge on any atom is -0.382 e. The van der Waals surface area contributed by atoms with Gasteiger partial charge in [0.15, 0.2) is 5.16 Å². The van der Waals surface area contributed by atoms with Gasteiger partial charge in [-0.25, -0.2) is 15.0 Å². The van der Waals surface area contributed by atoms with Gasteiger partial charge >= 0.3 is 0 Å². The Bertz CT molecular complexity index is 471. The topological polar surface area (TPSA) is 77.6 Å². The van der Waals surface area contributed by atoms with E-state index >= 15 is 0 Å².